The van der Waals surface area contributed by atoms with Crippen LogP contribution in [-0.2, 0) is 29.0 Å². The van der Waals surface area contributed by atoms with Crippen LogP contribution < -0.4 is 5.32 Å². The van der Waals surface area contributed by atoms with Crippen molar-refractivity contribution in [2.24, 2.45) is 0 Å². The maximum absolute atomic E-state index is 12.7. The lowest BCUT2D eigenvalue weighted by Gasteiger charge is -2.16. The topological polar surface area (TPSA) is 93.5 Å². The second kappa shape index (κ2) is 12.6. The van der Waals surface area contributed by atoms with Crippen molar-refractivity contribution in [1.29, 1.82) is 0 Å². The van der Waals surface area contributed by atoms with E-state index in [4.69, 9.17) is 16.3 Å². The van der Waals surface area contributed by atoms with Crippen LogP contribution in [0.15, 0.2) is 60.4 Å². The van der Waals surface area contributed by atoms with Gasteiger partial charge >= 0.3 is 12.0 Å². The monoisotopic (exact) mass is 542 g/mol. The summed E-state index contributed by atoms with van der Waals surface area (Å²) in [6.07, 6.45) is 6.18. The lowest BCUT2D eigenvalue weighted by molar-refractivity contribution is -0.116. The van der Waals surface area contributed by atoms with Gasteiger partial charge in [0.2, 0.25) is 0 Å². The lowest BCUT2D eigenvalue weighted by Crippen LogP contribution is -2.27. The van der Waals surface area contributed by atoms with Gasteiger partial charge in [0.1, 0.15) is 11.5 Å². The molecule has 0 radical (unpaired) electrons. The zero-order valence-corrected chi connectivity index (χ0v) is 22.1. The van der Waals surface area contributed by atoms with E-state index in [-0.39, 0.29) is 24.6 Å². The largest absolute Gasteiger partial charge is 0.465 e. The summed E-state index contributed by atoms with van der Waals surface area (Å²) in [4.78, 5) is 43.0. The Morgan fingerprint density at radius 1 is 1.05 bits per heavy atom. The fourth-order valence-corrected chi connectivity index (χ4v) is 4.11. The number of nitrogens with zero attached hydrogens (tertiary/aromatic N) is 3. The molecule has 3 amide bonds. The maximum Gasteiger partial charge on any atom is 0.337 e. The number of nitrogens with one attached hydrogen (secondary N) is 1. The number of unbranched alkanes of at least 4 members (excludes halogenated alkanes) is 1. The van der Waals surface area contributed by atoms with Gasteiger partial charge in [-0.2, -0.15) is 0 Å². The number of imidazole rings is 1. The highest BCUT2D eigenvalue weighted by Crippen LogP contribution is 2.23. The first kappa shape index (κ1) is 28.0. The fraction of sp³-hybridized carbons (Fsp3) is 0.259. The number of esters is 1. The molecule has 0 aliphatic carbocycles. The van der Waals surface area contributed by atoms with E-state index in [2.05, 4.69) is 17.2 Å². The van der Waals surface area contributed by atoms with Gasteiger partial charge in [-0.1, -0.05) is 49.2 Å². The van der Waals surface area contributed by atoms with Gasteiger partial charge < -0.3 is 9.30 Å². The first-order valence-electron chi connectivity index (χ1n) is 11.7. The Labute approximate surface area is 226 Å². The van der Waals surface area contributed by atoms with Gasteiger partial charge in [0.15, 0.2) is 0 Å². The Kier molecular flexibility index (Phi) is 9.49. The summed E-state index contributed by atoms with van der Waals surface area (Å²) in [5, 5.41) is 2.98. The van der Waals surface area contributed by atoms with Crippen molar-refractivity contribution in [3.63, 3.8) is 0 Å². The van der Waals surface area contributed by atoms with E-state index in [1.807, 2.05) is 28.8 Å². The van der Waals surface area contributed by atoms with Crippen molar-refractivity contribution in [3.8, 4) is 0 Å². The molecule has 194 valence electrons. The standard InChI is InChI=1S/C27H27ClN4O4.ClH/c1-3-4-5-24-29-15-22(31(24)16-18-6-10-20(11-7-18)26(34)36-2)14-23-25(33)30-27(35)32(23)17-19-8-12-21(28)13-9-19;/h6-15H,3-5,16-17H2,1-2H3,(H,30,33,35);1H/b23-14-;. The number of aryl methyl sites for hydroxylation is 1. The number of halogens is 2. The molecule has 3 aromatic rings. The number of amides is 3. The zero-order chi connectivity index (χ0) is 25.7. The van der Waals surface area contributed by atoms with Crippen LogP contribution >= 0.6 is 24.0 Å². The molecule has 0 spiro atoms. The van der Waals surface area contributed by atoms with Crippen molar-refractivity contribution in [2.75, 3.05) is 7.11 Å². The Morgan fingerprint density at radius 3 is 2.35 bits per heavy atom. The highest BCUT2D eigenvalue weighted by Gasteiger charge is 2.33. The van der Waals surface area contributed by atoms with Crippen molar-refractivity contribution in [3.05, 3.63) is 93.7 Å². The number of ether oxygens (including phenoxy) is 1. The average molecular weight is 543 g/mol. The number of carbonyl (C=O) groups excluding carboxylic acids is 3. The molecule has 1 aliphatic rings. The van der Waals surface area contributed by atoms with Crippen molar-refractivity contribution >= 4 is 48.0 Å². The van der Waals surface area contributed by atoms with E-state index < -0.39 is 17.9 Å². The third-order valence-electron chi connectivity index (χ3n) is 5.97. The summed E-state index contributed by atoms with van der Waals surface area (Å²) in [6.45, 7) is 2.84. The molecule has 10 heteroatoms. The van der Waals surface area contributed by atoms with Crippen LogP contribution in [0.2, 0.25) is 5.02 Å². The van der Waals surface area contributed by atoms with E-state index in [9.17, 15) is 14.4 Å². The Bertz CT molecular complexity index is 1300. The minimum Gasteiger partial charge on any atom is -0.465 e. The van der Waals surface area contributed by atoms with Gasteiger partial charge in [-0.3, -0.25) is 15.0 Å². The number of aromatic nitrogens is 2. The van der Waals surface area contributed by atoms with Gasteiger partial charge in [-0.25, -0.2) is 14.6 Å². The molecule has 4 rings (SSSR count). The molecular formula is C27H28Cl2N4O4. The van der Waals surface area contributed by atoms with Gasteiger partial charge in [-0.05, 0) is 47.9 Å². The number of methoxy groups -OCH3 is 1. The fourth-order valence-electron chi connectivity index (χ4n) is 3.98. The molecule has 1 saturated heterocycles. The molecule has 1 N–H and O–H groups in total. The number of urea groups is 1. The third kappa shape index (κ3) is 6.58. The summed E-state index contributed by atoms with van der Waals surface area (Å²) in [7, 11) is 1.35. The Morgan fingerprint density at radius 2 is 1.70 bits per heavy atom. The highest BCUT2D eigenvalue weighted by atomic mass is 35.5. The molecule has 1 fully saturated rings. The molecule has 2 aromatic carbocycles. The summed E-state index contributed by atoms with van der Waals surface area (Å²) in [5.41, 5.74) is 3.23. The van der Waals surface area contributed by atoms with Crippen LogP contribution in [0.25, 0.3) is 6.08 Å². The van der Waals surface area contributed by atoms with E-state index in [1.165, 1.54) is 12.0 Å². The van der Waals surface area contributed by atoms with Crippen LogP contribution in [0.4, 0.5) is 4.79 Å². The van der Waals surface area contributed by atoms with Crippen molar-refractivity contribution in [2.45, 2.75) is 39.3 Å². The number of carbonyl (C=O) groups is 3. The first-order chi connectivity index (χ1) is 17.4. The normalized spacial score (nSPS) is 14.0. The molecule has 2 heterocycles. The smallest absolute Gasteiger partial charge is 0.337 e. The quantitative estimate of drug-likeness (QED) is 0.227. The lowest BCUT2D eigenvalue weighted by atomic mass is 10.1. The van der Waals surface area contributed by atoms with Crippen molar-refractivity contribution in [1.82, 2.24) is 19.8 Å². The summed E-state index contributed by atoms with van der Waals surface area (Å²) >= 11 is 5.98. The van der Waals surface area contributed by atoms with Gasteiger partial charge in [0.05, 0.1) is 31.1 Å². The number of rotatable bonds is 9. The number of benzene rings is 2. The maximum atomic E-state index is 12.7. The van der Waals surface area contributed by atoms with Crippen LogP contribution in [0.3, 0.4) is 0 Å². The third-order valence-corrected chi connectivity index (χ3v) is 6.22. The minimum atomic E-state index is -0.475. The van der Waals surface area contributed by atoms with E-state index >= 15 is 0 Å². The van der Waals surface area contributed by atoms with Crippen LogP contribution in [0.1, 0.15) is 52.8 Å². The second-order valence-corrected chi connectivity index (χ2v) is 8.92. The number of imide groups is 1. The average Bonchev–Trinajstić information content (AvgIpc) is 3.38. The zero-order valence-electron chi connectivity index (χ0n) is 20.6. The van der Waals surface area contributed by atoms with E-state index in [0.29, 0.717) is 22.8 Å². The SMILES string of the molecule is CCCCc1ncc(/C=C2/C(=O)NC(=O)N2Cc2ccc(Cl)cc2)n1Cc1ccc(C(=O)OC)cc1.Cl. The Hall–Kier alpha value is -3.62. The first-order valence-corrected chi connectivity index (χ1v) is 12.1. The highest BCUT2D eigenvalue weighted by molar-refractivity contribution is 6.30. The Balaban J connectivity index is 0.00000380. The molecule has 0 bridgehead atoms. The summed E-state index contributed by atoms with van der Waals surface area (Å²) in [6, 6.07) is 13.8. The minimum absolute atomic E-state index is 0. The van der Waals surface area contributed by atoms with E-state index in [1.54, 1.807) is 36.5 Å². The molecular weight excluding hydrogens is 515 g/mol. The van der Waals surface area contributed by atoms with Crippen LogP contribution in [0, 0.1) is 0 Å². The predicted molar refractivity (Wildman–Crippen MR) is 143 cm³/mol. The van der Waals surface area contributed by atoms with Crippen LogP contribution in [0.5, 0.6) is 0 Å². The summed E-state index contributed by atoms with van der Waals surface area (Å²) < 4.78 is 6.81. The van der Waals surface area contributed by atoms with Crippen LogP contribution in [-0.4, -0.2) is 39.5 Å². The predicted octanol–water partition coefficient (Wildman–Crippen LogP) is 5.23. The van der Waals surface area contributed by atoms with Gasteiger partial charge in [0, 0.05) is 18.0 Å². The number of hydrogen-bond donors (Lipinski definition) is 1. The van der Waals surface area contributed by atoms with Crippen molar-refractivity contribution < 1.29 is 19.1 Å². The number of hydrogen-bond acceptors (Lipinski definition) is 5. The molecule has 0 atom stereocenters. The molecule has 0 unspecified atom stereocenters. The van der Waals surface area contributed by atoms with E-state index in [0.717, 1.165) is 36.2 Å². The summed E-state index contributed by atoms with van der Waals surface area (Å²) in [5.74, 6) is 0.0323. The molecule has 1 aliphatic heterocycles. The second-order valence-electron chi connectivity index (χ2n) is 8.48. The van der Waals surface area contributed by atoms with Gasteiger partial charge in [-0.15, -0.1) is 12.4 Å². The van der Waals surface area contributed by atoms with Gasteiger partial charge in [0.25, 0.3) is 5.91 Å². The molecule has 8 nitrogen and oxygen atoms in total. The molecule has 37 heavy (non-hydrogen) atoms. The molecule has 0 saturated carbocycles. The molecule has 1 aromatic heterocycles.